The third kappa shape index (κ3) is 4.57. The van der Waals surface area contributed by atoms with Gasteiger partial charge in [-0.15, -0.1) is 0 Å². The van der Waals surface area contributed by atoms with Crippen LogP contribution in [0.25, 0.3) is 5.76 Å². The van der Waals surface area contributed by atoms with E-state index in [9.17, 15) is 14.4 Å². The van der Waals surface area contributed by atoms with Crippen molar-refractivity contribution in [2.75, 3.05) is 6.54 Å². The molecule has 0 bridgehead atoms. The third-order valence-electron chi connectivity index (χ3n) is 5.17. The van der Waals surface area contributed by atoms with E-state index < -0.39 is 5.25 Å². The van der Waals surface area contributed by atoms with Crippen LogP contribution in [0.3, 0.4) is 0 Å². The Bertz CT molecular complexity index is 988. The quantitative estimate of drug-likeness (QED) is 0.684. The maximum Gasteiger partial charge on any atom is 0.286 e. The fourth-order valence-corrected chi connectivity index (χ4v) is 4.33. The highest BCUT2D eigenvalue weighted by atomic mass is 32.2. The van der Waals surface area contributed by atoms with Gasteiger partial charge in [-0.05, 0) is 18.9 Å². The van der Waals surface area contributed by atoms with Gasteiger partial charge in [-0.2, -0.15) is 0 Å². The first kappa shape index (κ1) is 20.2. The first-order chi connectivity index (χ1) is 14.5. The number of carbonyl (C=O) groups is 3. The van der Waals surface area contributed by atoms with E-state index in [0.717, 1.165) is 28.6 Å². The number of imide groups is 1. The van der Waals surface area contributed by atoms with E-state index in [1.165, 1.54) is 0 Å². The van der Waals surface area contributed by atoms with Gasteiger partial charge in [-0.1, -0.05) is 66.4 Å². The molecule has 2 atom stereocenters. The molecule has 2 amide bonds. The Morgan fingerprint density at radius 3 is 2.50 bits per heavy atom. The molecule has 2 aliphatic heterocycles. The number of thioether (sulfide) groups is 1. The highest BCUT2D eigenvalue weighted by Gasteiger charge is 2.31. The smallest absolute Gasteiger partial charge is 0.286 e. The van der Waals surface area contributed by atoms with Gasteiger partial charge in [0.05, 0.1) is 5.25 Å². The normalized spacial score (nSPS) is 20.7. The van der Waals surface area contributed by atoms with Crippen LogP contribution in [0.5, 0.6) is 0 Å². The average molecular weight is 423 g/mol. The number of carbonyl (C=O) groups excluding carboxylic acids is 3. The lowest BCUT2D eigenvalue weighted by Gasteiger charge is -2.20. The molecule has 2 aromatic carbocycles. The number of hydrogen-bond acceptors (Lipinski definition) is 6. The Labute approximate surface area is 179 Å². The summed E-state index contributed by atoms with van der Waals surface area (Å²) in [4.78, 5) is 37.6. The van der Waals surface area contributed by atoms with Gasteiger partial charge in [-0.3, -0.25) is 19.7 Å². The molecule has 2 heterocycles. The molecule has 7 heteroatoms. The second-order valence-corrected chi connectivity index (χ2v) is 8.45. The lowest BCUT2D eigenvalue weighted by Crippen LogP contribution is -2.27. The first-order valence-electron chi connectivity index (χ1n) is 9.83. The molecule has 0 spiro atoms. The summed E-state index contributed by atoms with van der Waals surface area (Å²) in [6.45, 7) is 2.53. The summed E-state index contributed by atoms with van der Waals surface area (Å²) >= 11 is 1.01. The van der Waals surface area contributed by atoms with Crippen LogP contribution in [0, 0.1) is 0 Å². The fraction of sp³-hybridized carbons (Fsp3) is 0.261. The van der Waals surface area contributed by atoms with E-state index >= 15 is 0 Å². The van der Waals surface area contributed by atoms with Gasteiger partial charge in [-0.25, -0.2) is 0 Å². The Balaban J connectivity index is 1.32. The third-order valence-corrected chi connectivity index (χ3v) is 6.15. The van der Waals surface area contributed by atoms with Crippen molar-refractivity contribution in [1.29, 1.82) is 0 Å². The van der Waals surface area contributed by atoms with E-state index in [2.05, 4.69) is 5.32 Å². The number of ketones is 1. The van der Waals surface area contributed by atoms with Crippen LogP contribution in [0.1, 0.15) is 34.8 Å². The van der Waals surface area contributed by atoms with Crippen molar-refractivity contribution in [3.8, 4) is 0 Å². The topological polar surface area (TPSA) is 75.7 Å². The molecule has 0 aromatic heterocycles. The molecule has 0 radical (unpaired) electrons. The second kappa shape index (κ2) is 8.75. The molecule has 2 aliphatic rings. The lowest BCUT2D eigenvalue weighted by molar-refractivity contribution is -0.118. The zero-order valence-electron chi connectivity index (χ0n) is 16.5. The Morgan fingerprint density at radius 1 is 1.10 bits per heavy atom. The summed E-state index contributed by atoms with van der Waals surface area (Å²) in [5.74, 6) is 0.612. The molecule has 1 saturated heterocycles. The van der Waals surface area contributed by atoms with E-state index in [1.807, 2.05) is 60.5 Å². The maximum atomic E-state index is 12.6. The minimum absolute atomic E-state index is 0.0541. The summed E-state index contributed by atoms with van der Waals surface area (Å²) in [7, 11) is 0. The first-order valence-corrected chi connectivity index (χ1v) is 10.7. The number of benzene rings is 2. The summed E-state index contributed by atoms with van der Waals surface area (Å²) < 4.78 is 5.91. The van der Waals surface area contributed by atoms with E-state index in [4.69, 9.17) is 4.74 Å². The van der Waals surface area contributed by atoms with Gasteiger partial charge in [0.2, 0.25) is 5.91 Å². The van der Waals surface area contributed by atoms with Crippen molar-refractivity contribution in [3.05, 3.63) is 77.5 Å². The van der Waals surface area contributed by atoms with E-state index in [0.29, 0.717) is 24.9 Å². The molecule has 154 valence electrons. The number of ether oxygens (including phenoxy) is 1. The predicted octanol–water partition coefficient (Wildman–Crippen LogP) is 3.83. The summed E-state index contributed by atoms with van der Waals surface area (Å²) in [6, 6.07) is 17.2. The van der Waals surface area contributed by atoms with Crippen LogP contribution in [-0.2, 0) is 16.0 Å². The van der Waals surface area contributed by atoms with Crippen molar-refractivity contribution in [1.82, 2.24) is 10.2 Å². The van der Waals surface area contributed by atoms with Crippen LogP contribution in [0.15, 0.2) is 60.8 Å². The van der Waals surface area contributed by atoms with Crippen molar-refractivity contribution in [3.63, 3.8) is 0 Å². The van der Waals surface area contributed by atoms with Crippen molar-refractivity contribution >= 4 is 34.5 Å². The Hall–Kier alpha value is -3.06. The summed E-state index contributed by atoms with van der Waals surface area (Å²) in [6.07, 6.45) is 2.68. The summed E-state index contributed by atoms with van der Waals surface area (Å²) in [5.41, 5.74) is 2.58. The molecular formula is C23H22N2O4S. The van der Waals surface area contributed by atoms with E-state index in [1.54, 1.807) is 12.1 Å². The number of nitrogens with one attached hydrogen (secondary N) is 1. The van der Waals surface area contributed by atoms with Crippen LogP contribution in [0.4, 0.5) is 4.79 Å². The van der Waals surface area contributed by atoms with Gasteiger partial charge in [0.25, 0.3) is 5.24 Å². The number of rotatable bonds is 7. The number of hydrogen-bond donors (Lipinski definition) is 1. The van der Waals surface area contributed by atoms with Crippen LogP contribution < -0.4 is 5.32 Å². The predicted molar refractivity (Wildman–Crippen MR) is 116 cm³/mol. The van der Waals surface area contributed by atoms with Crippen molar-refractivity contribution in [2.24, 2.45) is 0 Å². The van der Waals surface area contributed by atoms with Crippen LogP contribution >= 0.6 is 11.8 Å². The fourth-order valence-electron chi connectivity index (χ4n) is 3.47. The highest BCUT2D eigenvalue weighted by molar-refractivity contribution is 8.15. The van der Waals surface area contributed by atoms with Gasteiger partial charge >= 0.3 is 0 Å². The van der Waals surface area contributed by atoms with Crippen molar-refractivity contribution < 1.29 is 19.1 Å². The number of nitrogens with zero attached hydrogens (tertiary/aromatic N) is 1. The molecule has 1 N–H and O–H groups in total. The molecule has 2 unspecified atom stereocenters. The molecular weight excluding hydrogens is 400 g/mol. The number of Topliss-reactive ketones (excluding diaryl/α,β-unsaturated/α-hetero) is 1. The Morgan fingerprint density at radius 2 is 1.83 bits per heavy atom. The van der Waals surface area contributed by atoms with Gasteiger partial charge in [0, 0.05) is 30.3 Å². The molecule has 0 saturated carbocycles. The zero-order chi connectivity index (χ0) is 21.1. The zero-order valence-corrected chi connectivity index (χ0v) is 17.4. The molecule has 6 nitrogen and oxygen atoms in total. The molecule has 4 rings (SSSR count). The molecule has 0 aliphatic carbocycles. The SMILES string of the molecule is CC1OC(c2ccccc2)=CN1CCC(=O)c1ccc(CC2SC(=O)NC2=O)cc1. The Kier molecular flexibility index (Phi) is 5.90. The van der Waals surface area contributed by atoms with Crippen LogP contribution in [0.2, 0.25) is 0 Å². The molecule has 2 aromatic rings. The minimum atomic E-state index is -0.402. The monoisotopic (exact) mass is 422 g/mol. The highest BCUT2D eigenvalue weighted by Crippen LogP contribution is 2.27. The van der Waals surface area contributed by atoms with Gasteiger partial charge < -0.3 is 9.64 Å². The standard InChI is InChI=1S/C23H22N2O4S/c1-15-25(14-20(29-15)18-5-3-2-4-6-18)12-11-19(26)17-9-7-16(8-10-17)13-21-22(27)24-23(28)30-21/h2-10,14-15,21H,11-13H2,1H3,(H,24,27,28). The van der Waals surface area contributed by atoms with Crippen molar-refractivity contribution in [2.45, 2.75) is 31.2 Å². The lowest BCUT2D eigenvalue weighted by atomic mass is 10.0. The second-order valence-electron chi connectivity index (χ2n) is 7.27. The molecule has 30 heavy (non-hydrogen) atoms. The van der Waals surface area contributed by atoms with Crippen LogP contribution in [-0.4, -0.2) is 39.9 Å². The van der Waals surface area contributed by atoms with E-state index in [-0.39, 0.29) is 23.2 Å². The average Bonchev–Trinajstić information content (AvgIpc) is 3.28. The maximum absolute atomic E-state index is 12.6. The summed E-state index contributed by atoms with van der Waals surface area (Å²) in [5, 5.41) is 1.58. The largest absolute Gasteiger partial charge is 0.469 e. The minimum Gasteiger partial charge on any atom is -0.469 e. The number of amides is 2. The van der Waals surface area contributed by atoms with Gasteiger partial charge in [0.15, 0.2) is 12.0 Å². The molecule has 1 fully saturated rings. The van der Waals surface area contributed by atoms with Gasteiger partial charge in [0.1, 0.15) is 5.76 Å².